The van der Waals surface area contributed by atoms with Crippen molar-refractivity contribution in [2.24, 2.45) is 5.73 Å². The number of carbonyl (C=O) groups excluding carboxylic acids is 2. The number of primary amides is 1. The van der Waals surface area contributed by atoms with Gasteiger partial charge in [-0.3, -0.25) is 9.59 Å². The number of rotatable bonds is 2. The van der Waals surface area contributed by atoms with Crippen molar-refractivity contribution >= 4 is 11.8 Å². The van der Waals surface area contributed by atoms with Crippen molar-refractivity contribution in [1.82, 2.24) is 4.90 Å². The van der Waals surface area contributed by atoms with Crippen molar-refractivity contribution in [3.05, 3.63) is 34.9 Å². The number of amides is 2. The minimum absolute atomic E-state index is 0.234. The highest BCUT2D eigenvalue weighted by atomic mass is 16.2. The summed E-state index contributed by atoms with van der Waals surface area (Å²) in [4.78, 5) is 25.6. The summed E-state index contributed by atoms with van der Waals surface area (Å²) < 4.78 is 0. The van der Waals surface area contributed by atoms with Gasteiger partial charge in [0.05, 0.1) is 5.56 Å². The Hall–Kier alpha value is -2.32. The molecule has 0 radical (unpaired) electrons. The van der Waals surface area contributed by atoms with E-state index in [2.05, 4.69) is 11.8 Å². The maximum absolute atomic E-state index is 12.7. The molecule has 1 fully saturated rings. The van der Waals surface area contributed by atoms with Crippen molar-refractivity contribution in [1.29, 1.82) is 0 Å². The second-order valence-electron chi connectivity index (χ2n) is 5.07. The molecule has 110 valence electrons. The van der Waals surface area contributed by atoms with Gasteiger partial charge in [-0.05, 0) is 31.9 Å². The van der Waals surface area contributed by atoms with E-state index in [0.29, 0.717) is 24.1 Å². The highest BCUT2D eigenvalue weighted by molar-refractivity contribution is 5.99. The summed E-state index contributed by atoms with van der Waals surface area (Å²) in [5.41, 5.74) is 7.29. The van der Waals surface area contributed by atoms with Crippen LogP contribution in [0.15, 0.2) is 18.2 Å². The summed E-state index contributed by atoms with van der Waals surface area (Å²) in [6.45, 7) is 2.14. The second kappa shape index (κ2) is 6.42. The molecule has 21 heavy (non-hydrogen) atoms. The van der Waals surface area contributed by atoms with Crippen LogP contribution in [0.3, 0.4) is 0 Å². The van der Waals surface area contributed by atoms with Crippen LogP contribution >= 0.6 is 0 Å². The fourth-order valence-corrected chi connectivity index (χ4v) is 2.54. The van der Waals surface area contributed by atoms with Gasteiger partial charge in [-0.25, -0.2) is 0 Å². The van der Waals surface area contributed by atoms with Gasteiger partial charge in [0.2, 0.25) is 5.91 Å². The molecule has 3 N–H and O–H groups in total. The molecule has 1 aliphatic rings. The fraction of sp³-hybridized carbons (Fsp3) is 0.375. The largest absolute Gasteiger partial charge is 0.384 e. The third kappa shape index (κ3) is 3.23. The Balaban J connectivity index is 2.38. The van der Waals surface area contributed by atoms with E-state index in [1.54, 1.807) is 12.1 Å². The summed E-state index contributed by atoms with van der Waals surface area (Å²) in [6, 6.07) is 4.81. The third-order valence-electron chi connectivity index (χ3n) is 3.55. The van der Waals surface area contributed by atoms with Gasteiger partial charge >= 0.3 is 0 Å². The summed E-state index contributed by atoms with van der Waals surface area (Å²) in [7, 11) is 0. The van der Waals surface area contributed by atoms with E-state index >= 15 is 0 Å². The molecular weight excluding hydrogens is 268 g/mol. The Kier molecular flexibility index (Phi) is 4.61. The first kappa shape index (κ1) is 15.1. The zero-order valence-electron chi connectivity index (χ0n) is 11.9. The maximum Gasteiger partial charge on any atom is 0.255 e. The van der Waals surface area contributed by atoms with Gasteiger partial charge in [0.1, 0.15) is 12.6 Å². The average Bonchev–Trinajstić information content (AvgIpc) is 2.94. The van der Waals surface area contributed by atoms with Crippen LogP contribution < -0.4 is 5.73 Å². The summed E-state index contributed by atoms with van der Waals surface area (Å²) in [6.07, 6.45) is 1.37. The first-order valence-corrected chi connectivity index (χ1v) is 6.85. The van der Waals surface area contributed by atoms with Crippen molar-refractivity contribution in [3.63, 3.8) is 0 Å². The molecule has 0 saturated carbocycles. The van der Waals surface area contributed by atoms with Crippen LogP contribution in [0.5, 0.6) is 0 Å². The number of benzene rings is 1. The van der Waals surface area contributed by atoms with Gasteiger partial charge in [0.25, 0.3) is 5.91 Å². The number of likely N-dealkylation sites (tertiary alicyclic amines) is 1. The molecule has 0 aromatic heterocycles. The van der Waals surface area contributed by atoms with E-state index in [0.717, 1.165) is 12.0 Å². The predicted molar refractivity (Wildman–Crippen MR) is 78.4 cm³/mol. The van der Waals surface area contributed by atoms with Gasteiger partial charge in [-0.1, -0.05) is 23.5 Å². The topological polar surface area (TPSA) is 83.6 Å². The Morgan fingerprint density at radius 2 is 2.24 bits per heavy atom. The van der Waals surface area contributed by atoms with E-state index in [9.17, 15) is 9.59 Å². The lowest BCUT2D eigenvalue weighted by Crippen LogP contribution is -2.43. The van der Waals surface area contributed by atoms with Crippen molar-refractivity contribution in [2.75, 3.05) is 13.2 Å². The zero-order chi connectivity index (χ0) is 15.4. The highest BCUT2D eigenvalue weighted by Gasteiger charge is 2.33. The Morgan fingerprint density at radius 3 is 2.90 bits per heavy atom. The molecule has 1 atom stereocenters. The number of nitrogens with two attached hydrogens (primary N) is 1. The number of nitrogens with zero attached hydrogens (tertiary/aromatic N) is 1. The number of carbonyl (C=O) groups is 2. The number of aliphatic hydroxyl groups excluding tert-OH is 1. The monoisotopic (exact) mass is 286 g/mol. The molecule has 0 bridgehead atoms. The predicted octanol–water partition coefficient (Wildman–Crippen LogP) is 0.429. The Bertz CT molecular complexity index is 628. The van der Waals surface area contributed by atoms with Crippen LogP contribution in [-0.2, 0) is 4.79 Å². The molecule has 1 aromatic carbocycles. The van der Waals surface area contributed by atoms with Crippen LogP contribution in [0.4, 0.5) is 0 Å². The van der Waals surface area contributed by atoms with Crippen LogP contribution in [-0.4, -0.2) is 41.0 Å². The third-order valence-corrected chi connectivity index (χ3v) is 3.55. The number of hydrogen-bond donors (Lipinski definition) is 2. The standard InChI is InChI=1S/C16H18N2O3/c1-11-6-7-12(4-3-9-19)13(10-11)16(21)18-8-2-5-14(18)15(17)20/h6-7,10,14,19H,2,5,8-9H2,1H3,(H2,17,20). The molecule has 0 aliphatic carbocycles. The quantitative estimate of drug-likeness (QED) is 0.773. The van der Waals surface area contributed by atoms with E-state index < -0.39 is 11.9 Å². The van der Waals surface area contributed by atoms with E-state index in [1.165, 1.54) is 4.90 Å². The Labute approximate surface area is 123 Å². The molecular formula is C16H18N2O3. The molecule has 2 rings (SSSR count). The van der Waals surface area contributed by atoms with Crippen molar-refractivity contribution in [3.8, 4) is 11.8 Å². The van der Waals surface area contributed by atoms with Gasteiger partial charge in [0, 0.05) is 12.1 Å². The lowest BCUT2D eigenvalue weighted by Gasteiger charge is -2.23. The van der Waals surface area contributed by atoms with Gasteiger partial charge < -0.3 is 15.7 Å². The van der Waals surface area contributed by atoms with Crippen molar-refractivity contribution < 1.29 is 14.7 Å². The van der Waals surface area contributed by atoms with Crippen LogP contribution in [0.1, 0.15) is 34.3 Å². The number of aliphatic hydroxyl groups is 1. The minimum Gasteiger partial charge on any atom is -0.384 e. The molecule has 0 spiro atoms. The lowest BCUT2D eigenvalue weighted by molar-refractivity contribution is -0.121. The van der Waals surface area contributed by atoms with E-state index in [-0.39, 0.29) is 12.5 Å². The summed E-state index contributed by atoms with van der Waals surface area (Å²) >= 11 is 0. The molecule has 5 heteroatoms. The molecule has 1 saturated heterocycles. The van der Waals surface area contributed by atoms with Gasteiger partial charge in [-0.2, -0.15) is 0 Å². The second-order valence-corrected chi connectivity index (χ2v) is 5.07. The lowest BCUT2D eigenvalue weighted by atomic mass is 10.0. The normalized spacial score (nSPS) is 17.2. The van der Waals surface area contributed by atoms with Gasteiger partial charge in [-0.15, -0.1) is 0 Å². The minimum atomic E-state index is -0.545. The molecule has 1 unspecified atom stereocenters. The zero-order valence-corrected chi connectivity index (χ0v) is 11.9. The van der Waals surface area contributed by atoms with Crippen LogP contribution in [0.25, 0.3) is 0 Å². The molecule has 2 amide bonds. The first-order chi connectivity index (χ1) is 10.0. The van der Waals surface area contributed by atoms with Crippen LogP contribution in [0, 0.1) is 18.8 Å². The van der Waals surface area contributed by atoms with E-state index in [1.807, 2.05) is 13.0 Å². The molecule has 1 heterocycles. The van der Waals surface area contributed by atoms with Gasteiger partial charge in [0.15, 0.2) is 0 Å². The van der Waals surface area contributed by atoms with Crippen LogP contribution in [0.2, 0.25) is 0 Å². The molecule has 5 nitrogen and oxygen atoms in total. The SMILES string of the molecule is Cc1ccc(C#CCO)c(C(=O)N2CCCC2C(N)=O)c1. The average molecular weight is 286 g/mol. The number of aryl methyl sites for hydroxylation is 1. The number of hydrogen-bond acceptors (Lipinski definition) is 3. The summed E-state index contributed by atoms with van der Waals surface area (Å²) in [5, 5.41) is 8.81. The molecule has 1 aromatic rings. The smallest absolute Gasteiger partial charge is 0.255 e. The fourth-order valence-electron chi connectivity index (χ4n) is 2.54. The first-order valence-electron chi connectivity index (χ1n) is 6.85. The van der Waals surface area contributed by atoms with Crippen molar-refractivity contribution in [2.45, 2.75) is 25.8 Å². The van der Waals surface area contributed by atoms with E-state index in [4.69, 9.17) is 10.8 Å². The maximum atomic E-state index is 12.7. The molecule has 1 aliphatic heterocycles. The Morgan fingerprint density at radius 1 is 1.48 bits per heavy atom. The highest BCUT2D eigenvalue weighted by Crippen LogP contribution is 2.22. The summed E-state index contributed by atoms with van der Waals surface area (Å²) in [5.74, 6) is 4.61.